The van der Waals surface area contributed by atoms with E-state index < -0.39 is 0 Å². The molecule has 70 valence electrons. The Kier molecular flexibility index (Phi) is 3.19. The number of amides is 1. The lowest BCUT2D eigenvalue weighted by atomic mass is 10.5. The van der Waals surface area contributed by atoms with Gasteiger partial charge < -0.3 is 5.32 Å². The molecule has 0 radical (unpaired) electrons. The summed E-state index contributed by atoms with van der Waals surface area (Å²) in [6, 6.07) is 0. The maximum absolute atomic E-state index is 11.2. The number of hydrogen-bond acceptors (Lipinski definition) is 3. The van der Waals surface area contributed by atoms with Gasteiger partial charge in [-0.15, -0.1) is 5.10 Å². The van der Waals surface area contributed by atoms with Crippen LogP contribution in [0.2, 0.25) is 0 Å². The molecular formula is C8H12N4O. The summed E-state index contributed by atoms with van der Waals surface area (Å²) < 4.78 is 0. The van der Waals surface area contributed by atoms with Crippen LogP contribution < -0.4 is 5.32 Å². The first kappa shape index (κ1) is 9.44. The maximum atomic E-state index is 11.2. The molecule has 1 aromatic rings. The van der Waals surface area contributed by atoms with Crippen molar-refractivity contribution in [1.82, 2.24) is 20.5 Å². The molecule has 2 N–H and O–H groups in total. The van der Waals surface area contributed by atoms with Gasteiger partial charge in [0.1, 0.15) is 5.82 Å². The molecular weight excluding hydrogens is 168 g/mol. The normalized spacial score (nSPS) is 10.6. The summed E-state index contributed by atoms with van der Waals surface area (Å²) >= 11 is 0. The third-order valence-corrected chi connectivity index (χ3v) is 1.42. The summed E-state index contributed by atoms with van der Waals surface area (Å²) in [6.07, 6.45) is 3.71. The van der Waals surface area contributed by atoms with E-state index in [0.29, 0.717) is 12.4 Å². The Morgan fingerprint density at radius 3 is 3.00 bits per heavy atom. The Balaban J connectivity index is 2.49. The third kappa shape index (κ3) is 2.70. The quantitative estimate of drug-likeness (QED) is 0.662. The van der Waals surface area contributed by atoms with Gasteiger partial charge >= 0.3 is 0 Å². The average Bonchev–Trinajstić information content (AvgIpc) is 2.52. The lowest BCUT2D eigenvalue weighted by Gasteiger charge is -1.95. The second-order valence-electron chi connectivity index (χ2n) is 2.52. The van der Waals surface area contributed by atoms with Crippen molar-refractivity contribution < 1.29 is 4.79 Å². The van der Waals surface area contributed by atoms with Crippen molar-refractivity contribution in [3.8, 4) is 0 Å². The highest BCUT2D eigenvalue weighted by atomic mass is 16.2. The zero-order valence-electron chi connectivity index (χ0n) is 7.66. The van der Waals surface area contributed by atoms with Crippen molar-refractivity contribution in [3.63, 3.8) is 0 Å². The van der Waals surface area contributed by atoms with E-state index in [4.69, 9.17) is 0 Å². The molecule has 13 heavy (non-hydrogen) atoms. The fourth-order valence-corrected chi connectivity index (χ4v) is 0.793. The Morgan fingerprint density at radius 2 is 2.46 bits per heavy atom. The van der Waals surface area contributed by atoms with Crippen LogP contribution in [0.1, 0.15) is 23.4 Å². The molecule has 1 rings (SSSR count). The minimum absolute atomic E-state index is 0.182. The summed E-state index contributed by atoms with van der Waals surface area (Å²) in [4.78, 5) is 15.1. The summed E-state index contributed by atoms with van der Waals surface area (Å²) in [5, 5.41) is 8.96. The van der Waals surface area contributed by atoms with Gasteiger partial charge in [0.15, 0.2) is 0 Å². The molecule has 0 saturated carbocycles. The largest absolute Gasteiger partial charge is 0.346 e. The van der Waals surface area contributed by atoms with Gasteiger partial charge in [-0.3, -0.25) is 9.89 Å². The predicted molar refractivity (Wildman–Crippen MR) is 48.3 cm³/mol. The number of aryl methyl sites for hydroxylation is 1. The molecule has 0 spiro atoms. The van der Waals surface area contributed by atoms with Gasteiger partial charge in [-0.25, -0.2) is 4.98 Å². The highest BCUT2D eigenvalue weighted by Gasteiger charge is 2.08. The van der Waals surface area contributed by atoms with Crippen molar-refractivity contribution in [3.05, 3.63) is 23.8 Å². The topological polar surface area (TPSA) is 70.7 Å². The first-order valence-corrected chi connectivity index (χ1v) is 4.02. The highest BCUT2D eigenvalue weighted by Crippen LogP contribution is 1.89. The number of rotatable bonds is 3. The molecule has 0 unspecified atom stereocenters. The zero-order chi connectivity index (χ0) is 9.68. The smallest absolute Gasteiger partial charge is 0.291 e. The van der Waals surface area contributed by atoms with Crippen LogP contribution >= 0.6 is 0 Å². The predicted octanol–water partition coefficient (Wildman–Crippen LogP) is 0.419. The van der Waals surface area contributed by atoms with Gasteiger partial charge in [-0.1, -0.05) is 12.2 Å². The second kappa shape index (κ2) is 4.39. The molecule has 0 fully saturated rings. The van der Waals surface area contributed by atoms with Gasteiger partial charge in [0.05, 0.1) is 0 Å². The Hall–Kier alpha value is -1.65. The lowest BCUT2D eigenvalue weighted by molar-refractivity contribution is 0.0948. The second-order valence-corrected chi connectivity index (χ2v) is 2.52. The zero-order valence-corrected chi connectivity index (χ0v) is 7.66. The number of aromatic amines is 1. The van der Waals surface area contributed by atoms with E-state index in [1.54, 1.807) is 6.92 Å². The van der Waals surface area contributed by atoms with E-state index in [9.17, 15) is 4.79 Å². The molecule has 0 aliphatic heterocycles. The summed E-state index contributed by atoms with van der Waals surface area (Å²) in [6.45, 7) is 4.14. The van der Waals surface area contributed by atoms with Gasteiger partial charge in [-0.2, -0.15) is 0 Å². The SMILES string of the molecule is C/C=C/CNC(=O)c1n[nH]c(C)n1. The van der Waals surface area contributed by atoms with Crippen LogP contribution in [-0.2, 0) is 0 Å². The first-order valence-electron chi connectivity index (χ1n) is 4.02. The van der Waals surface area contributed by atoms with Crippen LogP contribution in [0.15, 0.2) is 12.2 Å². The number of aromatic nitrogens is 3. The molecule has 5 nitrogen and oxygen atoms in total. The van der Waals surface area contributed by atoms with E-state index in [0.717, 1.165) is 0 Å². The van der Waals surface area contributed by atoms with E-state index in [2.05, 4.69) is 20.5 Å². The van der Waals surface area contributed by atoms with Gasteiger partial charge in [-0.05, 0) is 13.8 Å². The van der Waals surface area contributed by atoms with E-state index in [-0.39, 0.29) is 11.7 Å². The van der Waals surface area contributed by atoms with Crippen molar-refractivity contribution >= 4 is 5.91 Å². The summed E-state index contributed by atoms with van der Waals surface area (Å²) in [7, 11) is 0. The van der Waals surface area contributed by atoms with Gasteiger partial charge in [0.2, 0.25) is 5.82 Å². The number of allylic oxidation sites excluding steroid dienone is 1. The highest BCUT2D eigenvalue weighted by molar-refractivity contribution is 5.90. The van der Waals surface area contributed by atoms with E-state index in [1.165, 1.54) is 0 Å². The number of nitrogens with zero attached hydrogens (tertiary/aromatic N) is 2. The molecule has 0 aliphatic rings. The van der Waals surface area contributed by atoms with Crippen LogP contribution in [0.4, 0.5) is 0 Å². The number of hydrogen-bond donors (Lipinski definition) is 2. The molecule has 0 atom stereocenters. The van der Waals surface area contributed by atoms with Gasteiger partial charge in [0.25, 0.3) is 5.91 Å². The van der Waals surface area contributed by atoms with E-state index in [1.807, 2.05) is 19.1 Å². The number of nitrogens with one attached hydrogen (secondary N) is 2. The number of carbonyl (C=O) groups is 1. The molecule has 0 saturated heterocycles. The van der Waals surface area contributed by atoms with Crippen LogP contribution in [0.25, 0.3) is 0 Å². The van der Waals surface area contributed by atoms with E-state index >= 15 is 0 Å². The number of carbonyl (C=O) groups excluding carboxylic acids is 1. The van der Waals surface area contributed by atoms with Crippen molar-refractivity contribution in [2.75, 3.05) is 6.54 Å². The van der Waals surface area contributed by atoms with Crippen LogP contribution in [-0.4, -0.2) is 27.6 Å². The Labute approximate surface area is 76.3 Å². The molecule has 0 aromatic carbocycles. The first-order chi connectivity index (χ1) is 6.24. The molecule has 1 aromatic heterocycles. The standard InChI is InChI=1S/C8H12N4O/c1-3-4-5-9-8(13)7-10-6(2)11-12-7/h3-4H,5H2,1-2H3,(H,9,13)(H,10,11,12)/b4-3+. The van der Waals surface area contributed by atoms with Crippen molar-refractivity contribution in [1.29, 1.82) is 0 Å². The molecule has 5 heteroatoms. The maximum Gasteiger partial charge on any atom is 0.291 e. The minimum Gasteiger partial charge on any atom is -0.346 e. The lowest BCUT2D eigenvalue weighted by Crippen LogP contribution is -2.24. The average molecular weight is 180 g/mol. The van der Waals surface area contributed by atoms with Gasteiger partial charge in [0, 0.05) is 6.54 Å². The Morgan fingerprint density at radius 1 is 1.69 bits per heavy atom. The number of H-pyrrole nitrogens is 1. The molecule has 1 amide bonds. The molecule has 0 aliphatic carbocycles. The fourth-order valence-electron chi connectivity index (χ4n) is 0.793. The van der Waals surface area contributed by atoms with Crippen LogP contribution in [0, 0.1) is 6.92 Å². The minimum atomic E-state index is -0.262. The third-order valence-electron chi connectivity index (χ3n) is 1.42. The summed E-state index contributed by atoms with van der Waals surface area (Å²) in [5.74, 6) is 0.556. The molecule has 1 heterocycles. The molecule has 0 bridgehead atoms. The van der Waals surface area contributed by atoms with Crippen molar-refractivity contribution in [2.45, 2.75) is 13.8 Å². The van der Waals surface area contributed by atoms with Crippen molar-refractivity contribution in [2.24, 2.45) is 0 Å². The monoisotopic (exact) mass is 180 g/mol. The summed E-state index contributed by atoms with van der Waals surface area (Å²) in [5.41, 5.74) is 0. The fraction of sp³-hybridized carbons (Fsp3) is 0.375. The van der Waals surface area contributed by atoms with Crippen LogP contribution in [0.3, 0.4) is 0 Å². The Bertz CT molecular complexity index is 316. The van der Waals surface area contributed by atoms with Crippen LogP contribution in [0.5, 0.6) is 0 Å².